The summed E-state index contributed by atoms with van der Waals surface area (Å²) in [6, 6.07) is 7.37. The van der Waals surface area contributed by atoms with Crippen LogP contribution in [0.25, 0.3) is 0 Å². The van der Waals surface area contributed by atoms with Crippen LogP contribution in [0, 0.1) is 11.3 Å². The summed E-state index contributed by atoms with van der Waals surface area (Å²) in [7, 11) is 0. The molecule has 0 spiro atoms. The van der Waals surface area contributed by atoms with Crippen LogP contribution in [0.1, 0.15) is 25.7 Å². The molecule has 0 unspecified atom stereocenters. The van der Waals surface area contributed by atoms with Crippen molar-refractivity contribution < 1.29 is 9.59 Å². The summed E-state index contributed by atoms with van der Waals surface area (Å²) in [5, 5.41) is 8.99. The van der Waals surface area contributed by atoms with Gasteiger partial charge >= 0.3 is 0 Å². The summed E-state index contributed by atoms with van der Waals surface area (Å²) in [5.74, 6) is 0.235. The largest absolute Gasteiger partial charge is 0.346 e. The summed E-state index contributed by atoms with van der Waals surface area (Å²) in [4.78, 5) is 24.7. The van der Waals surface area contributed by atoms with Gasteiger partial charge in [-0.2, -0.15) is 0 Å². The van der Waals surface area contributed by atoms with E-state index in [1.54, 1.807) is 0 Å². The molecular weight excluding hydrogens is 394 g/mol. The second kappa shape index (κ2) is 8.32. The molecular formula is C17H23BrClN3O2. The minimum absolute atomic E-state index is 0. The number of rotatable bonds is 4. The van der Waals surface area contributed by atoms with E-state index in [1.807, 2.05) is 24.3 Å². The van der Waals surface area contributed by atoms with Crippen molar-refractivity contribution in [2.24, 2.45) is 11.3 Å². The Morgan fingerprint density at radius 1 is 1.25 bits per heavy atom. The molecule has 1 saturated carbocycles. The summed E-state index contributed by atoms with van der Waals surface area (Å²) < 4.78 is 0.958. The summed E-state index contributed by atoms with van der Waals surface area (Å²) in [6.45, 7) is 1.67. The van der Waals surface area contributed by atoms with Gasteiger partial charge in [0.2, 0.25) is 11.8 Å². The SMILES string of the molecule is Cl.O=C(CNC(=O)[C@@]12CCCC[C@H]1CNC2)Nc1ccc(Br)cc1. The Morgan fingerprint density at radius 2 is 2.00 bits per heavy atom. The smallest absolute Gasteiger partial charge is 0.243 e. The highest BCUT2D eigenvalue weighted by Gasteiger charge is 2.49. The molecule has 3 rings (SSSR count). The van der Waals surface area contributed by atoms with Gasteiger partial charge in [-0.05, 0) is 49.6 Å². The van der Waals surface area contributed by atoms with Gasteiger partial charge in [-0.15, -0.1) is 12.4 Å². The van der Waals surface area contributed by atoms with Crippen LogP contribution in [0.3, 0.4) is 0 Å². The first kappa shape index (κ1) is 19.2. The van der Waals surface area contributed by atoms with Gasteiger partial charge in [0.25, 0.3) is 0 Å². The van der Waals surface area contributed by atoms with Crippen molar-refractivity contribution in [1.29, 1.82) is 0 Å². The van der Waals surface area contributed by atoms with E-state index >= 15 is 0 Å². The Balaban J connectivity index is 0.00000208. The zero-order valence-electron chi connectivity index (χ0n) is 13.4. The topological polar surface area (TPSA) is 70.2 Å². The molecule has 0 radical (unpaired) electrons. The summed E-state index contributed by atoms with van der Waals surface area (Å²) in [6.07, 6.45) is 4.32. The molecule has 132 valence electrons. The number of hydrogen-bond donors (Lipinski definition) is 3. The van der Waals surface area contributed by atoms with Gasteiger partial charge in [-0.1, -0.05) is 28.8 Å². The number of fused-ring (bicyclic) bond motifs is 1. The first-order valence-electron chi connectivity index (χ1n) is 8.15. The lowest BCUT2D eigenvalue weighted by atomic mass is 9.67. The molecule has 5 nitrogen and oxygen atoms in total. The molecule has 24 heavy (non-hydrogen) atoms. The molecule has 0 bridgehead atoms. The number of carbonyl (C=O) groups is 2. The van der Waals surface area contributed by atoms with Crippen molar-refractivity contribution in [2.75, 3.05) is 25.0 Å². The zero-order valence-corrected chi connectivity index (χ0v) is 15.8. The number of halogens is 2. The number of anilines is 1. The second-order valence-corrected chi connectivity index (χ2v) is 7.38. The molecule has 1 aliphatic carbocycles. The van der Waals surface area contributed by atoms with Crippen LogP contribution in [0.5, 0.6) is 0 Å². The lowest BCUT2D eigenvalue weighted by molar-refractivity contribution is -0.135. The van der Waals surface area contributed by atoms with Crippen molar-refractivity contribution in [2.45, 2.75) is 25.7 Å². The average molecular weight is 417 g/mol. The molecule has 3 N–H and O–H groups in total. The van der Waals surface area contributed by atoms with Crippen LogP contribution < -0.4 is 16.0 Å². The van der Waals surface area contributed by atoms with Crippen molar-refractivity contribution >= 4 is 45.8 Å². The Hall–Kier alpha value is -1.11. The normalized spacial score (nSPS) is 25.3. The molecule has 2 amide bonds. The third kappa shape index (κ3) is 4.10. The number of benzene rings is 1. The highest BCUT2D eigenvalue weighted by molar-refractivity contribution is 9.10. The Bertz CT molecular complexity index is 596. The molecule has 0 aromatic heterocycles. The lowest BCUT2D eigenvalue weighted by Gasteiger charge is -2.37. The van der Waals surface area contributed by atoms with Gasteiger partial charge in [-0.3, -0.25) is 9.59 Å². The highest BCUT2D eigenvalue weighted by Crippen LogP contribution is 2.43. The minimum atomic E-state index is -0.309. The fourth-order valence-electron chi connectivity index (χ4n) is 3.77. The number of carbonyl (C=O) groups excluding carboxylic acids is 2. The molecule has 1 saturated heterocycles. The molecule has 2 fully saturated rings. The fourth-order valence-corrected chi connectivity index (χ4v) is 4.03. The molecule has 1 aromatic carbocycles. The van der Waals surface area contributed by atoms with Crippen molar-refractivity contribution in [3.05, 3.63) is 28.7 Å². The Labute approximate surface area is 156 Å². The van der Waals surface area contributed by atoms with E-state index in [0.717, 1.165) is 42.5 Å². The first-order valence-corrected chi connectivity index (χ1v) is 8.94. The quantitative estimate of drug-likeness (QED) is 0.707. The summed E-state index contributed by atoms with van der Waals surface area (Å²) >= 11 is 3.36. The van der Waals surface area contributed by atoms with Crippen molar-refractivity contribution in [3.8, 4) is 0 Å². The maximum Gasteiger partial charge on any atom is 0.243 e. The van der Waals surface area contributed by atoms with E-state index in [4.69, 9.17) is 0 Å². The highest BCUT2D eigenvalue weighted by atomic mass is 79.9. The molecule has 1 aliphatic heterocycles. The molecule has 2 atom stereocenters. The van der Waals surface area contributed by atoms with Gasteiger partial charge in [0, 0.05) is 16.7 Å². The van der Waals surface area contributed by atoms with E-state index in [1.165, 1.54) is 6.42 Å². The van der Waals surface area contributed by atoms with Gasteiger partial charge in [0.1, 0.15) is 0 Å². The fraction of sp³-hybridized carbons (Fsp3) is 0.529. The standard InChI is InChI=1S/C17H22BrN3O2.ClH/c18-13-4-6-14(7-5-13)21-15(22)10-20-16(23)17-8-2-1-3-12(17)9-19-11-17;/h4-7,12,19H,1-3,8-11H2,(H,20,23)(H,21,22);1H/t12-,17+;/m0./s1. The average Bonchev–Trinajstić information content (AvgIpc) is 3.00. The lowest BCUT2D eigenvalue weighted by Crippen LogP contribution is -2.49. The third-order valence-electron chi connectivity index (χ3n) is 5.03. The molecule has 7 heteroatoms. The third-order valence-corrected chi connectivity index (χ3v) is 5.56. The van der Waals surface area contributed by atoms with Crippen LogP contribution in [0.2, 0.25) is 0 Å². The Morgan fingerprint density at radius 3 is 2.75 bits per heavy atom. The predicted molar refractivity (Wildman–Crippen MR) is 100 cm³/mol. The molecule has 2 aliphatic rings. The predicted octanol–water partition coefficient (Wildman–Crippen LogP) is 2.71. The van der Waals surface area contributed by atoms with E-state index in [0.29, 0.717) is 5.92 Å². The number of nitrogens with one attached hydrogen (secondary N) is 3. The number of amides is 2. The van der Waals surface area contributed by atoms with Crippen molar-refractivity contribution in [1.82, 2.24) is 10.6 Å². The van der Waals surface area contributed by atoms with Crippen molar-refractivity contribution in [3.63, 3.8) is 0 Å². The van der Waals surface area contributed by atoms with Gasteiger partial charge in [0.05, 0.1) is 12.0 Å². The maximum atomic E-state index is 12.7. The zero-order chi connectivity index (χ0) is 16.3. The summed E-state index contributed by atoms with van der Waals surface area (Å²) in [5.41, 5.74) is 0.416. The van der Waals surface area contributed by atoms with Crippen LogP contribution in [0.4, 0.5) is 5.69 Å². The second-order valence-electron chi connectivity index (χ2n) is 6.47. The van der Waals surface area contributed by atoms with Gasteiger partial charge in [-0.25, -0.2) is 0 Å². The number of hydrogen-bond acceptors (Lipinski definition) is 3. The van der Waals surface area contributed by atoms with Crippen LogP contribution in [0.15, 0.2) is 28.7 Å². The van der Waals surface area contributed by atoms with Crippen LogP contribution in [-0.4, -0.2) is 31.4 Å². The van der Waals surface area contributed by atoms with E-state index in [2.05, 4.69) is 31.9 Å². The first-order chi connectivity index (χ1) is 11.1. The van der Waals surface area contributed by atoms with E-state index in [-0.39, 0.29) is 36.2 Å². The van der Waals surface area contributed by atoms with Crippen LogP contribution in [-0.2, 0) is 9.59 Å². The van der Waals surface area contributed by atoms with E-state index in [9.17, 15) is 9.59 Å². The molecule has 1 heterocycles. The Kier molecular flexibility index (Phi) is 6.66. The van der Waals surface area contributed by atoms with E-state index < -0.39 is 0 Å². The minimum Gasteiger partial charge on any atom is -0.346 e. The molecule has 1 aromatic rings. The maximum absolute atomic E-state index is 12.7. The monoisotopic (exact) mass is 415 g/mol. The van der Waals surface area contributed by atoms with Gasteiger partial charge < -0.3 is 16.0 Å². The van der Waals surface area contributed by atoms with Crippen LogP contribution >= 0.6 is 28.3 Å². The van der Waals surface area contributed by atoms with Gasteiger partial charge in [0.15, 0.2) is 0 Å².